The summed E-state index contributed by atoms with van der Waals surface area (Å²) in [6.45, 7) is 2.05. The Bertz CT molecular complexity index is 293. The average Bonchev–Trinajstić information content (AvgIpc) is 2.80. The molecule has 3 unspecified atom stereocenters. The van der Waals surface area contributed by atoms with Gasteiger partial charge in [0.1, 0.15) is 0 Å². The number of nitrogens with two attached hydrogens (primary N) is 1. The smallest absolute Gasteiger partial charge is 0.227 e. The standard InChI is InChI=1S/C13H24N2OS.ClH/c1-13(14)7-4-3-5-11(13)12(16)15(2)10-6-8-17-9-10;/h10-11H,3-9,14H2,1-2H3;1H. The van der Waals surface area contributed by atoms with E-state index in [1.165, 1.54) is 12.2 Å². The van der Waals surface area contributed by atoms with Gasteiger partial charge in [-0.1, -0.05) is 12.8 Å². The molecule has 1 saturated carbocycles. The second-order valence-corrected chi connectivity index (χ2v) is 6.92. The number of carbonyl (C=O) groups is 1. The highest BCUT2D eigenvalue weighted by molar-refractivity contribution is 7.99. The van der Waals surface area contributed by atoms with Crippen molar-refractivity contribution in [3.8, 4) is 0 Å². The number of carbonyl (C=O) groups excluding carboxylic acids is 1. The monoisotopic (exact) mass is 292 g/mol. The zero-order chi connectivity index (χ0) is 12.5. The third-order valence-electron chi connectivity index (χ3n) is 4.35. The SMILES string of the molecule is CN(C(=O)C1CCCCC1(C)N)C1CCSC1.Cl. The summed E-state index contributed by atoms with van der Waals surface area (Å²) in [5.74, 6) is 2.59. The summed E-state index contributed by atoms with van der Waals surface area (Å²) in [4.78, 5) is 14.5. The van der Waals surface area contributed by atoms with E-state index in [0.717, 1.165) is 31.4 Å². The van der Waals surface area contributed by atoms with E-state index < -0.39 is 0 Å². The minimum atomic E-state index is -0.296. The average molecular weight is 293 g/mol. The van der Waals surface area contributed by atoms with Crippen LogP contribution in [0.25, 0.3) is 0 Å². The Labute approximate surface area is 121 Å². The van der Waals surface area contributed by atoms with E-state index >= 15 is 0 Å². The predicted octanol–water partition coefficient (Wildman–Crippen LogP) is 2.28. The molecular formula is C13H25ClN2OS. The molecule has 0 aromatic heterocycles. The highest BCUT2D eigenvalue weighted by atomic mass is 35.5. The van der Waals surface area contributed by atoms with E-state index in [1.807, 2.05) is 30.6 Å². The lowest BCUT2D eigenvalue weighted by Crippen LogP contribution is -2.54. The van der Waals surface area contributed by atoms with Crippen LogP contribution in [0.1, 0.15) is 39.0 Å². The van der Waals surface area contributed by atoms with Gasteiger partial charge in [0.15, 0.2) is 0 Å². The summed E-state index contributed by atoms with van der Waals surface area (Å²) in [6.07, 6.45) is 5.41. The number of nitrogens with zero attached hydrogens (tertiary/aromatic N) is 1. The molecule has 0 aromatic carbocycles. The van der Waals surface area contributed by atoms with Crippen LogP contribution >= 0.6 is 24.2 Å². The number of rotatable bonds is 2. The molecule has 106 valence electrons. The molecule has 1 amide bonds. The molecule has 2 aliphatic rings. The third kappa shape index (κ3) is 3.34. The lowest BCUT2D eigenvalue weighted by atomic mass is 9.74. The van der Waals surface area contributed by atoms with Gasteiger partial charge in [0.05, 0.1) is 5.92 Å². The molecule has 5 heteroatoms. The summed E-state index contributed by atoms with van der Waals surface area (Å²) >= 11 is 1.95. The molecule has 0 radical (unpaired) electrons. The highest BCUT2D eigenvalue weighted by Crippen LogP contribution is 2.34. The Balaban J connectivity index is 0.00000162. The molecule has 1 aliphatic carbocycles. The van der Waals surface area contributed by atoms with Gasteiger partial charge in [-0.05, 0) is 31.9 Å². The lowest BCUT2D eigenvalue weighted by Gasteiger charge is -2.40. The molecule has 3 nitrogen and oxygen atoms in total. The van der Waals surface area contributed by atoms with Crippen LogP contribution in [-0.4, -0.2) is 40.9 Å². The molecule has 0 bridgehead atoms. The summed E-state index contributed by atoms with van der Waals surface area (Å²) in [6, 6.07) is 0.435. The molecule has 3 atom stereocenters. The van der Waals surface area contributed by atoms with Crippen molar-refractivity contribution in [2.45, 2.75) is 50.6 Å². The first kappa shape index (κ1) is 16.1. The van der Waals surface area contributed by atoms with Crippen molar-refractivity contribution in [1.29, 1.82) is 0 Å². The van der Waals surface area contributed by atoms with Crippen LogP contribution in [0.2, 0.25) is 0 Å². The third-order valence-corrected chi connectivity index (χ3v) is 5.50. The van der Waals surface area contributed by atoms with E-state index in [2.05, 4.69) is 0 Å². The molecule has 0 spiro atoms. The molecule has 1 aliphatic heterocycles. The number of hydrogen-bond acceptors (Lipinski definition) is 3. The van der Waals surface area contributed by atoms with Crippen molar-refractivity contribution >= 4 is 30.1 Å². The maximum Gasteiger partial charge on any atom is 0.227 e. The maximum atomic E-state index is 12.5. The molecule has 2 N–H and O–H groups in total. The Morgan fingerprint density at radius 1 is 1.39 bits per heavy atom. The Kier molecular flexibility index (Phi) is 5.81. The molecular weight excluding hydrogens is 268 g/mol. The quantitative estimate of drug-likeness (QED) is 0.849. The molecule has 2 rings (SSSR count). The van der Waals surface area contributed by atoms with Gasteiger partial charge < -0.3 is 10.6 Å². The van der Waals surface area contributed by atoms with Gasteiger partial charge in [-0.3, -0.25) is 4.79 Å². The summed E-state index contributed by atoms with van der Waals surface area (Å²) in [5, 5.41) is 0. The van der Waals surface area contributed by atoms with Gasteiger partial charge >= 0.3 is 0 Å². The highest BCUT2D eigenvalue weighted by Gasteiger charge is 2.40. The van der Waals surface area contributed by atoms with Crippen LogP contribution in [0.4, 0.5) is 0 Å². The minimum Gasteiger partial charge on any atom is -0.342 e. The largest absolute Gasteiger partial charge is 0.342 e. The summed E-state index contributed by atoms with van der Waals surface area (Å²) < 4.78 is 0. The lowest BCUT2D eigenvalue weighted by molar-refractivity contribution is -0.139. The van der Waals surface area contributed by atoms with Gasteiger partial charge in [-0.2, -0.15) is 11.8 Å². The zero-order valence-electron chi connectivity index (χ0n) is 11.4. The van der Waals surface area contributed by atoms with Crippen molar-refractivity contribution in [1.82, 2.24) is 4.90 Å². The van der Waals surface area contributed by atoms with Crippen LogP contribution in [0.3, 0.4) is 0 Å². The number of halogens is 1. The van der Waals surface area contributed by atoms with E-state index in [9.17, 15) is 4.79 Å². The Morgan fingerprint density at radius 2 is 2.11 bits per heavy atom. The minimum absolute atomic E-state index is 0. The fraction of sp³-hybridized carbons (Fsp3) is 0.923. The molecule has 0 aromatic rings. The van der Waals surface area contributed by atoms with Crippen molar-refractivity contribution in [3.05, 3.63) is 0 Å². The van der Waals surface area contributed by atoms with Crippen LogP contribution < -0.4 is 5.73 Å². The fourth-order valence-electron chi connectivity index (χ4n) is 3.02. The second kappa shape index (κ2) is 6.49. The Morgan fingerprint density at radius 3 is 2.67 bits per heavy atom. The molecule has 1 heterocycles. The fourth-order valence-corrected chi connectivity index (χ4v) is 4.28. The first-order chi connectivity index (χ1) is 8.02. The normalized spacial score (nSPS) is 35.9. The predicted molar refractivity (Wildman–Crippen MR) is 80.3 cm³/mol. The van der Waals surface area contributed by atoms with Crippen LogP contribution in [-0.2, 0) is 4.79 Å². The summed E-state index contributed by atoms with van der Waals surface area (Å²) in [7, 11) is 1.96. The first-order valence-corrected chi connectivity index (χ1v) is 7.81. The van der Waals surface area contributed by atoms with E-state index in [4.69, 9.17) is 5.73 Å². The van der Waals surface area contributed by atoms with Gasteiger partial charge in [-0.25, -0.2) is 0 Å². The molecule has 2 fully saturated rings. The van der Waals surface area contributed by atoms with Crippen molar-refractivity contribution < 1.29 is 4.79 Å². The zero-order valence-corrected chi connectivity index (χ0v) is 13.0. The number of amides is 1. The molecule has 1 saturated heterocycles. The van der Waals surface area contributed by atoms with E-state index in [1.54, 1.807) is 0 Å². The van der Waals surface area contributed by atoms with Crippen molar-refractivity contribution in [3.63, 3.8) is 0 Å². The van der Waals surface area contributed by atoms with Crippen LogP contribution in [0.15, 0.2) is 0 Å². The van der Waals surface area contributed by atoms with Crippen molar-refractivity contribution in [2.24, 2.45) is 11.7 Å². The van der Waals surface area contributed by atoms with E-state index in [-0.39, 0.29) is 29.8 Å². The first-order valence-electron chi connectivity index (χ1n) is 6.65. The Hall–Kier alpha value is 0.0700. The van der Waals surface area contributed by atoms with E-state index in [0.29, 0.717) is 6.04 Å². The van der Waals surface area contributed by atoms with Crippen LogP contribution in [0, 0.1) is 5.92 Å². The van der Waals surface area contributed by atoms with Gasteiger partial charge in [-0.15, -0.1) is 12.4 Å². The second-order valence-electron chi connectivity index (χ2n) is 5.77. The number of hydrogen-bond donors (Lipinski definition) is 1. The molecule has 18 heavy (non-hydrogen) atoms. The van der Waals surface area contributed by atoms with Crippen molar-refractivity contribution in [2.75, 3.05) is 18.6 Å². The van der Waals surface area contributed by atoms with Gasteiger partial charge in [0.25, 0.3) is 0 Å². The number of thioether (sulfide) groups is 1. The van der Waals surface area contributed by atoms with Gasteiger partial charge in [0, 0.05) is 24.4 Å². The van der Waals surface area contributed by atoms with Crippen LogP contribution in [0.5, 0.6) is 0 Å². The summed E-state index contributed by atoms with van der Waals surface area (Å²) in [5.41, 5.74) is 6.01. The maximum absolute atomic E-state index is 12.5. The van der Waals surface area contributed by atoms with Gasteiger partial charge in [0.2, 0.25) is 5.91 Å². The topological polar surface area (TPSA) is 46.3 Å².